The highest BCUT2D eigenvalue weighted by molar-refractivity contribution is 5.93. The molecule has 26 heavy (non-hydrogen) atoms. The lowest BCUT2D eigenvalue weighted by Crippen LogP contribution is -2.26. The number of hydrogen-bond acceptors (Lipinski definition) is 4. The molecule has 1 aromatic carbocycles. The standard InChI is InChI=1S/C19H23N5O2/c1-13(2)24-12-14(10-20-24)11-23(3)19(25)17-9-16(21-22-17)15-7-5-6-8-18(15)26-4/h5-10,12-13H,11H2,1-4H3,(H,21,22). The summed E-state index contributed by atoms with van der Waals surface area (Å²) in [5.74, 6) is 0.586. The monoisotopic (exact) mass is 353 g/mol. The second-order valence-electron chi connectivity index (χ2n) is 6.45. The Morgan fingerprint density at radius 3 is 2.81 bits per heavy atom. The van der Waals surface area contributed by atoms with Crippen LogP contribution in [0.3, 0.4) is 0 Å². The highest BCUT2D eigenvalue weighted by Gasteiger charge is 2.17. The minimum absolute atomic E-state index is 0.129. The molecule has 3 aromatic rings. The summed E-state index contributed by atoms with van der Waals surface area (Å²) in [5.41, 5.74) is 2.93. The lowest BCUT2D eigenvalue weighted by atomic mass is 10.1. The number of benzene rings is 1. The van der Waals surface area contributed by atoms with E-state index >= 15 is 0 Å². The molecule has 7 nitrogen and oxygen atoms in total. The first-order valence-corrected chi connectivity index (χ1v) is 8.47. The van der Waals surface area contributed by atoms with E-state index in [1.165, 1.54) is 0 Å². The zero-order valence-corrected chi connectivity index (χ0v) is 15.4. The first-order valence-electron chi connectivity index (χ1n) is 8.47. The summed E-state index contributed by atoms with van der Waals surface area (Å²) in [5, 5.41) is 11.4. The Hall–Kier alpha value is -3.09. The van der Waals surface area contributed by atoms with Crippen molar-refractivity contribution < 1.29 is 9.53 Å². The average Bonchev–Trinajstić information content (AvgIpc) is 3.30. The number of carbonyl (C=O) groups is 1. The van der Waals surface area contributed by atoms with Crippen molar-refractivity contribution in [2.75, 3.05) is 14.2 Å². The van der Waals surface area contributed by atoms with Gasteiger partial charge in [0.25, 0.3) is 5.91 Å². The van der Waals surface area contributed by atoms with Crippen LogP contribution in [0.1, 0.15) is 35.9 Å². The summed E-state index contributed by atoms with van der Waals surface area (Å²) in [7, 11) is 3.38. The van der Waals surface area contributed by atoms with Crippen molar-refractivity contribution in [2.24, 2.45) is 0 Å². The highest BCUT2D eigenvalue weighted by Crippen LogP contribution is 2.28. The van der Waals surface area contributed by atoms with Crippen LogP contribution in [0, 0.1) is 0 Å². The molecule has 1 amide bonds. The number of rotatable bonds is 6. The third kappa shape index (κ3) is 3.61. The van der Waals surface area contributed by atoms with Crippen molar-refractivity contribution in [3.8, 4) is 17.0 Å². The number of methoxy groups -OCH3 is 1. The van der Waals surface area contributed by atoms with Crippen LogP contribution in [0.5, 0.6) is 5.75 Å². The lowest BCUT2D eigenvalue weighted by molar-refractivity contribution is 0.0779. The maximum Gasteiger partial charge on any atom is 0.271 e. The maximum atomic E-state index is 12.7. The number of ether oxygens (including phenoxy) is 1. The molecule has 2 heterocycles. The predicted molar refractivity (Wildman–Crippen MR) is 99.0 cm³/mol. The fraction of sp³-hybridized carbons (Fsp3) is 0.316. The van der Waals surface area contributed by atoms with E-state index in [4.69, 9.17) is 4.74 Å². The highest BCUT2D eigenvalue weighted by atomic mass is 16.5. The van der Waals surface area contributed by atoms with E-state index in [1.807, 2.05) is 35.1 Å². The van der Waals surface area contributed by atoms with E-state index in [1.54, 1.807) is 31.3 Å². The third-order valence-corrected chi connectivity index (χ3v) is 4.14. The molecule has 0 unspecified atom stereocenters. The van der Waals surface area contributed by atoms with Gasteiger partial charge in [0.1, 0.15) is 11.4 Å². The molecule has 0 bridgehead atoms. The number of hydrogen-bond donors (Lipinski definition) is 1. The van der Waals surface area contributed by atoms with Gasteiger partial charge in [-0.05, 0) is 32.0 Å². The number of carbonyl (C=O) groups excluding carboxylic acids is 1. The largest absolute Gasteiger partial charge is 0.496 e. The van der Waals surface area contributed by atoms with Gasteiger partial charge in [0.15, 0.2) is 0 Å². The second kappa shape index (κ2) is 7.43. The molecular formula is C19H23N5O2. The Labute approximate surface area is 152 Å². The van der Waals surface area contributed by atoms with Crippen LogP contribution in [-0.4, -0.2) is 44.9 Å². The fourth-order valence-electron chi connectivity index (χ4n) is 2.72. The Balaban J connectivity index is 1.74. The average molecular weight is 353 g/mol. The molecule has 1 N–H and O–H groups in total. The summed E-state index contributed by atoms with van der Waals surface area (Å²) in [6, 6.07) is 9.62. The zero-order chi connectivity index (χ0) is 18.7. The van der Waals surface area contributed by atoms with Crippen LogP contribution in [0.25, 0.3) is 11.3 Å². The minimum atomic E-state index is -0.129. The number of H-pyrrole nitrogens is 1. The molecule has 0 atom stereocenters. The number of aromatic amines is 1. The molecule has 0 saturated heterocycles. The van der Waals surface area contributed by atoms with Gasteiger partial charge in [-0.25, -0.2) is 0 Å². The van der Waals surface area contributed by atoms with Gasteiger partial charge >= 0.3 is 0 Å². The molecule has 0 spiro atoms. The van der Waals surface area contributed by atoms with Crippen molar-refractivity contribution in [2.45, 2.75) is 26.4 Å². The van der Waals surface area contributed by atoms with Crippen LogP contribution in [0.4, 0.5) is 0 Å². The van der Waals surface area contributed by atoms with Crippen molar-refractivity contribution in [1.82, 2.24) is 24.9 Å². The van der Waals surface area contributed by atoms with Gasteiger partial charge in [-0.1, -0.05) is 12.1 Å². The normalized spacial score (nSPS) is 11.0. The molecule has 2 aromatic heterocycles. The summed E-state index contributed by atoms with van der Waals surface area (Å²) < 4.78 is 7.24. The number of para-hydroxylation sites is 1. The first-order chi connectivity index (χ1) is 12.5. The van der Waals surface area contributed by atoms with Crippen molar-refractivity contribution in [1.29, 1.82) is 0 Å². The predicted octanol–water partition coefficient (Wildman–Crippen LogP) is 3.13. The molecular weight excluding hydrogens is 330 g/mol. The van der Waals surface area contributed by atoms with Gasteiger partial charge in [-0.3, -0.25) is 14.6 Å². The van der Waals surface area contributed by atoms with Gasteiger partial charge < -0.3 is 9.64 Å². The van der Waals surface area contributed by atoms with Gasteiger partial charge in [-0.2, -0.15) is 10.2 Å². The molecule has 0 aliphatic heterocycles. The maximum absolute atomic E-state index is 12.7. The molecule has 0 saturated carbocycles. The summed E-state index contributed by atoms with van der Waals surface area (Å²) >= 11 is 0. The van der Waals surface area contributed by atoms with E-state index in [2.05, 4.69) is 29.1 Å². The Bertz CT molecular complexity index is 897. The number of aromatic nitrogens is 4. The number of nitrogens with zero attached hydrogens (tertiary/aromatic N) is 4. The van der Waals surface area contributed by atoms with Gasteiger partial charge in [0, 0.05) is 37.0 Å². The van der Waals surface area contributed by atoms with E-state index < -0.39 is 0 Å². The smallest absolute Gasteiger partial charge is 0.271 e. The Morgan fingerprint density at radius 2 is 2.12 bits per heavy atom. The second-order valence-corrected chi connectivity index (χ2v) is 6.45. The fourth-order valence-corrected chi connectivity index (χ4v) is 2.72. The van der Waals surface area contributed by atoms with Crippen molar-refractivity contribution >= 4 is 5.91 Å². The van der Waals surface area contributed by atoms with E-state index in [-0.39, 0.29) is 5.91 Å². The SMILES string of the molecule is COc1ccccc1-c1cc(C(=O)N(C)Cc2cnn(C(C)C)c2)[nH]n1. The molecule has 0 fully saturated rings. The Kier molecular flexibility index (Phi) is 5.06. The van der Waals surface area contributed by atoms with Gasteiger partial charge in [-0.15, -0.1) is 0 Å². The number of nitrogens with one attached hydrogen (secondary N) is 1. The van der Waals surface area contributed by atoms with Crippen molar-refractivity contribution in [3.05, 3.63) is 54.0 Å². The number of amides is 1. The zero-order valence-electron chi connectivity index (χ0n) is 15.4. The van der Waals surface area contributed by atoms with Crippen LogP contribution in [-0.2, 0) is 6.54 Å². The molecule has 0 radical (unpaired) electrons. The van der Waals surface area contributed by atoms with E-state index in [9.17, 15) is 4.79 Å². The Morgan fingerprint density at radius 1 is 1.35 bits per heavy atom. The molecule has 3 rings (SSSR count). The summed E-state index contributed by atoms with van der Waals surface area (Å²) in [6.07, 6.45) is 3.75. The third-order valence-electron chi connectivity index (χ3n) is 4.14. The van der Waals surface area contributed by atoms with E-state index in [0.29, 0.717) is 29.7 Å². The summed E-state index contributed by atoms with van der Waals surface area (Å²) in [4.78, 5) is 14.3. The molecule has 136 valence electrons. The van der Waals surface area contributed by atoms with Crippen LogP contribution < -0.4 is 4.74 Å². The van der Waals surface area contributed by atoms with Gasteiger partial charge in [0.05, 0.1) is 19.0 Å². The van der Waals surface area contributed by atoms with Crippen LogP contribution in [0.15, 0.2) is 42.7 Å². The molecule has 0 aliphatic rings. The quantitative estimate of drug-likeness (QED) is 0.739. The molecule has 0 aliphatic carbocycles. The van der Waals surface area contributed by atoms with Crippen molar-refractivity contribution in [3.63, 3.8) is 0 Å². The van der Waals surface area contributed by atoms with E-state index in [0.717, 1.165) is 11.1 Å². The topological polar surface area (TPSA) is 76.0 Å². The van der Waals surface area contributed by atoms with Gasteiger partial charge in [0.2, 0.25) is 0 Å². The molecule has 7 heteroatoms. The lowest BCUT2D eigenvalue weighted by Gasteiger charge is -2.14. The van der Waals surface area contributed by atoms with Crippen LogP contribution >= 0.6 is 0 Å². The first kappa shape index (κ1) is 17.7. The summed E-state index contributed by atoms with van der Waals surface area (Å²) in [6.45, 7) is 4.61. The minimum Gasteiger partial charge on any atom is -0.496 e. The van der Waals surface area contributed by atoms with Crippen LogP contribution in [0.2, 0.25) is 0 Å².